The molecule has 0 fully saturated rings. The molecule has 0 saturated carbocycles. The molecule has 0 spiro atoms. The molecule has 0 radical (unpaired) electrons. The Bertz CT molecular complexity index is 684. The highest BCUT2D eigenvalue weighted by Gasteiger charge is 2.23. The lowest BCUT2D eigenvalue weighted by Gasteiger charge is -2.26. The lowest BCUT2D eigenvalue weighted by atomic mass is 10.0. The molecular formula is C20H25FN2O2. The van der Waals surface area contributed by atoms with Gasteiger partial charge in [-0.25, -0.2) is 4.39 Å². The number of nitrogens with one attached hydrogen (secondary N) is 1. The van der Waals surface area contributed by atoms with Gasteiger partial charge in [-0.15, -0.1) is 0 Å². The van der Waals surface area contributed by atoms with E-state index in [0.29, 0.717) is 19.5 Å². The largest absolute Gasteiger partial charge is 0.497 e. The van der Waals surface area contributed by atoms with Crippen molar-refractivity contribution in [2.75, 3.05) is 25.5 Å². The maximum absolute atomic E-state index is 13.5. The summed E-state index contributed by atoms with van der Waals surface area (Å²) in [6.07, 6.45) is 0.416. The molecule has 1 amide bonds. The van der Waals surface area contributed by atoms with Crippen molar-refractivity contribution >= 4 is 11.6 Å². The number of nitrogens with zero attached hydrogens (tertiary/aromatic N) is 1. The number of ether oxygens (including phenoxy) is 1. The molecule has 0 saturated heterocycles. The zero-order chi connectivity index (χ0) is 18.2. The van der Waals surface area contributed by atoms with Crippen LogP contribution >= 0.6 is 0 Å². The Morgan fingerprint density at radius 3 is 2.40 bits per heavy atom. The van der Waals surface area contributed by atoms with Gasteiger partial charge in [0.1, 0.15) is 17.6 Å². The molecule has 1 atom stereocenters. The third-order valence-electron chi connectivity index (χ3n) is 4.13. The number of rotatable bonds is 8. The van der Waals surface area contributed by atoms with E-state index < -0.39 is 6.04 Å². The number of amides is 1. The highest BCUT2D eigenvalue weighted by Crippen LogP contribution is 2.18. The molecule has 1 unspecified atom stereocenters. The minimum atomic E-state index is -0.463. The SMILES string of the molecule is CCN(CC)C(=O)C(Cc1cccc(F)c1)Nc1ccc(OC)cc1. The van der Waals surface area contributed by atoms with Gasteiger partial charge in [-0.2, -0.15) is 0 Å². The molecule has 2 rings (SSSR count). The van der Waals surface area contributed by atoms with Crippen LogP contribution in [0.25, 0.3) is 0 Å². The molecule has 1 N–H and O–H groups in total. The summed E-state index contributed by atoms with van der Waals surface area (Å²) in [6.45, 7) is 5.18. The summed E-state index contributed by atoms with van der Waals surface area (Å²) >= 11 is 0. The summed E-state index contributed by atoms with van der Waals surface area (Å²) in [5.41, 5.74) is 1.61. The normalized spacial score (nSPS) is 11.7. The number of hydrogen-bond donors (Lipinski definition) is 1. The van der Waals surface area contributed by atoms with E-state index in [1.54, 1.807) is 18.1 Å². The summed E-state index contributed by atoms with van der Waals surface area (Å²) in [5, 5.41) is 3.28. The number of benzene rings is 2. The van der Waals surface area contributed by atoms with Crippen LogP contribution in [0.15, 0.2) is 48.5 Å². The van der Waals surface area contributed by atoms with Gasteiger partial charge >= 0.3 is 0 Å². The topological polar surface area (TPSA) is 41.6 Å². The lowest BCUT2D eigenvalue weighted by molar-refractivity contribution is -0.131. The number of carbonyl (C=O) groups excluding carboxylic acids is 1. The fourth-order valence-corrected chi connectivity index (χ4v) is 2.74. The van der Waals surface area contributed by atoms with E-state index in [1.807, 2.05) is 44.2 Å². The summed E-state index contributed by atoms with van der Waals surface area (Å²) in [4.78, 5) is 14.6. The maximum atomic E-state index is 13.5. The van der Waals surface area contributed by atoms with E-state index in [9.17, 15) is 9.18 Å². The molecule has 0 bridgehead atoms. The molecule has 0 aliphatic rings. The number of carbonyl (C=O) groups is 1. The molecule has 0 heterocycles. The van der Waals surface area contributed by atoms with Crippen molar-refractivity contribution in [2.45, 2.75) is 26.3 Å². The Morgan fingerprint density at radius 1 is 1.16 bits per heavy atom. The molecule has 4 nitrogen and oxygen atoms in total. The molecule has 25 heavy (non-hydrogen) atoms. The average molecular weight is 344 g/mol. The Balaban J connectivity index is 2.22. The fraction of sp³-hybridized carbons (Fsp3) is 0.350. The van der Waals surface area contributed by atoms with Crippen LogP contribution in [-0.4, -0.2) is 37.0 Å². The smallest absolute Gasteiger partial charge is 0.245 e. The number of halogens is 1. The molecule has 0 aromatic heterocycles. The van der Waals surface area contributed by atoms with E-state index >= 15 is 0 Å². The summed E-state index contributed by atoms with van der Waals surface area (Å²) < 4.78 is 18.6. The predicted molar refractivity (Wildman–Crippen MR) is 98.4 cm³/mol. The van der Waals surface area contributed by atoms with Crippen molar-refractivity contribution in [1.82, 2.24) is 4.90 Å². The van der Waals surface area contributed by atoms with Crippen LogP contribution in [0.3, 0.4) is 0 Å². The first kappa shape index (κ1) is 18.8. The van der Waals surface area contributed by atoms with E-state index in [0.717, 1.165) is 17.0 Å². The Kier molecular flexibility index (Phi) is 6.81. The minimum absolute atomic E-state index is 0.00470. The van der Waals surface area contributed by atoms with E-state index in [-0.39, 0.29) is 11.7 Å². The van der Waals surface area contributed by atoms with Crippen molar-refractivity contribution in [3.8, 4) is 5.75 Å². The van der Waals surface area contributed by atoms with Gasteiger partial charge in [0, 0.05) is 25.2 Å². The first-order chi connectivity index (χ1) is 12.1. The zero-order valence-electron chi connectivity index (χ0n) is 15.0. The third kappa shape index (κ3) is 5.21. The number of likely N-dealkylation sites (N-methyl/N-ethyl adjacent to an activating group) is 1. The molecule has 2 aromatic carbocycles. The molecular weight excluding hydrogens is 319 g/mol. The van der Waals surface area contributed by atoms with Crippen LogP contribution < -0.4 is 10.1 Å². The second kappa shape index (κ2) is 9.06. The van der Waals surface area contributed by atoms with Crippen LogP contribution in [-0.2, 0) is 11.2 Å². The van der Waals surface area contributed by atoms with Gasteiger partial charge in [0.2, 0.25) is 5.91 Å². The summed E-state index contributed by atoms with van der Waals surface area (Å²) in [5.74, 6) is 0.461. The van der Waals surface area contributed by atoms with Crippen LogP contribution in [0.4, 0.5) is 10.1 Å². The van der Waals surface area contributed by atoms with E-state index in [1.165, 1.54) is 12.1 Å². The second-order valence-corrected chi connectivity index (χ2v) is 5.77. The van der Waals surface area contributed by atoms with Crippen molar-refractivity contribution in [3.05, 3.63) is 59.9 Å². The third-order valence-corrected chi connectivity index (χ3v) is 4.13. The van der Waals surface area contributed by atoms with Gasteiger partial charge < -0.3 is 15.0 Å². The highest BCUT2D eigenvalue weighted by atomic mass is 19.1. The quantitative estimate of drug-likeness (QED) is 0.793. The van der Waals surface area contributed by atoms with Gasteiger partial charge in [-0.1, -0.05) is 12.1 Å². The van der Waals surface area contributed by atoms with Crippen LogP contribution in [0.5, 0.6) is 5.75 Å². The zero-order valence-corrected chi connectivity index (χ0v) is 15.0. The molecule has 0 aliphatic carbocycles. The van der Waals surface area contributed by atoms with Crippen LogP contribution in [0.2, 0.25) is 0 Å². The molecule has 0 aliphatic heterocycles. The Morgan fingerprint density at radius 2 is 1.84 bits per heavy atom. The average Bonchev–Trinajstić information content (AvgIpc) is 2.63. The van der Waals surface area contributed by atoms with Crippen molar-refractivity contribution in [1.29, 1.82) is 0 Å². The fourth-order valence-electron chi connectivity index (χ4n) is 2.74. The lowest BCUT2D eigenvalue weighted by Crippen LogP contribution is -2.44. The highest BCUT2D eigenvalue weighted by molar-refractivity contribution is 5.85. The van der Waals surface area contributed by atoms with Gasteiger partial charge in [0.15, 0.2) is 0 Å². The van der Waals surface area contributed by atoms with Crippen molar-refractivity contribution < 1.29 is 13.9 Å². The molecule has 2 aromatic rings. The number of hydrogen-bond acceptors (Lipinski definition) is 3. The van der Waals surface area contributed by atoms with Crippen LogP contribution in [0, 0.1) is 5.82 Å². The van der Waals surface area contributed by atoms with Gasteiger partial charge in [0.25, 0.3) is 0 Å². The Hall–Kier alpha value is -2.56. The van der Waals surface area contributed by atoms with Crippen molar-refractivity contribution in [2.24, 2.45) is 0 Å². The first-order valence-corrected chi connectivity index (χ1v) is 8.51. The number of anilines is 1. The van der Waals surface area contributed by atoms with Crippen molar-refractivity contribution in [3.63, 3.8) is 0 Å². The Labute approximate surface area is 148 Å². The summed E-state index contributed by atoms with van der Waals surface area (Å²) in [7, 11) is 1.61. The minimum Gasteiger partial charge on any atom is -0.497 e. The monoisotopic (exact) mass is 344 g/mol. The molecule has 5 heteroatoms. The maximum Gasteiger partial charge on any atom is 0.245 e. The number of methoxy groups -OCH3 is 1. The summed E-state index contributed by atoms with van der Waals surface area (Å²) in [6, 6.07) is 13.3. The van der Waals surface area contributed by atoms with Gasteiger partial charge in [0.05, 0.1) is 7.11 Å². The van der Waals surface area contributed by atoms with Gasteiger partial charge in [-0.3, -0.25) is 4.79 Å². The standard InChI is InChI=1S/C20H25FN2O2/c1-4-23(5-2)20(24)19(14-15-7-6-8-16(21)13-15)22-17-9-11-18(25-3)12-10-17/h6-13,19,22H,4-5,14H2,1-3H3. The molecule has 134 valence electrons. The van der Waals surface area contributed by atoms with Gasteiger partial charge in [-0.05, 0) is 55.8 Å². The second-order valence-electron chi connectivity index (χ2n) is 5.77. The van der Waals surface area contributed by atoms with E-state index in [2.05, 4.69) is 5.32 Å². The predicted octanol–water partition coefficient (Wildman–Crippen LogP) is 3.73. The first-order valence-electron chi connectivity index (χ1n) is 8.51. The van der Waals surface area contributed by atoms with E-state index in [4.69, 9.17) is 4.74 Å². The van der Waals surface area contributed by atoms with Crippen LogP contribution in [0.1, 0.15) is 19.4 Å².